The van der Waals surface area contributed by atoms with Crippen molar-refractivity contribution in [1.29, 1.82) is 0 Å². The lowest BCUT2D eigenvalue weighted by Gasteiger charge is -2.13. The molecule has 0 unspecified atom stereocenters. The molecule has 0 amide bonds. The van der Waals surface area contributed by atoms with E-state index in [1.165, 1.54) is 0 Å². The van der Waals surface area contributed by atoms with Gasteiger partial charge in [-0.3, -0.25) is 0 Å². The number of hydrogen-bond donors (Lipinski definition) is 0. The topological polar surface area (TPSA) is 9.23 Å². The minimum atomic E-state index is 0.376. The maximum Gasteiger partial charge on any atom is 0.128 e. The van der Waals surface area contributed by atoms with Crippen molar-refractivity contribution in [2.75, 3.05) is 7.11 Å². The third-order valence-electron chi connectivity index (χ3n) is 2.46. The van der Waals surface area contributed by atoms with Gasteiger partial charge in [-0.15, -0.1) is 0 Å². The van der Waals surface area contributed by atoms with Gasteiger partial charge in [0.2, 0.25) is 0 Å². The molecule has 0 bridgehead atoms. The summed E-state index contributed by atoms with van der Waals surface area (Å²) >= 11 is 24.4. The Bertz CT molecular complexity index is 596. The maximum atomic E-state index is 6.20. The Morgan fingerprint density at radius 2 is 1.67 bits per heavy atom. The lowest BCUT2D eigenvalue weighted by Crippen LogP contribution is -1.90. The second-order valence-electron chi connectivity index (χ2n) is 3.57. The van der Waals surface area contributed by atoms with Crippen LogP contribution in [0.3, 0.4) is 0 Å². The standard InChI is InChI=1S/C13H8Cl4O/c1-18-11-4-2-3-9(15)12(11)8-5-7(14)6-10(16)13(8)17/h2-6H,1H3. The molecule has 0 saturated carbocycles. The zero-order chi connectivity index (χ0) is 13.3. The molecule has 2 aromatic rings. The zero-order valence-corrected chi connectivity index (χ0v) is 12.3. The first kappa shape index (κ1) is 13.8. The molecule has 0 aliphatic carbocycles. The molecular formula is C13H8Cl4O. The quantitative estimate of drug-likeness (QED) is 0.618. The third-order valence-corrected chi connectivity index (χ3v) is 3.79. The lowest BCUT2D eigenvalue weighted by atomic mass is 10.0. The van der Waals surface area contributed by atoms with Gasteiger partial charge in [0.25, 0.3) is 0 Å². The first-order valence-corrected chi connectivity index (χ1v) is 6.53. The van der Waals surface area contributed by atoms with Gasteiger partial charge in [0.15, 0.2) is 0 Å². The molecule has 18 heavy (non-hydrogen) atoms. The van der Waals surface area contributed by atoms with E-state index in [2.05, 4.69) is 0 Å². The molecule has 5 heteroatoms. The van der Waals surface area contributed by atoms with Crippen LogP contribution in [0, 0.1) is 0 Å². The van der Waals surface area contributed by atoms with E-state index in [1.807, 2.05) is 0 Å². The van der Waals surface area contributed by atoms with Gasteiger partial charge in [-0.1, -0.05) is 52.5 Å². The molecule has 0 aliphatic heterocycles. The first-order chi connectivity index (χ1) is 8.54. The van der Waals surface area contributed by atoms with Crippen molar-refractivity contribution >= 4 is 46.4 Å². The highest BCUT2D eigenvalue weighted by atomic mass is 35.5. The van der Waals surface area contributed by atoms with E-state index in [1.54, 1.807) is 37.4 Å². The summed E-state index contributed by atoms with van der Waals surface area (Å²) in [5.41, 5.74) is 1.33. The Labute approximate surface area is 125 Å². The Kier molecular flexibility index (Phi) is 4.29. The average Bonchev–Trinajstić information content (AvgIpc) is 2.33. The monoisotopic (exact) mass is 320 g/mol. The summed E-state index contributed by atoms with van der Waals surface area (Å²) in [7, 11) is 1.56. The van der Waals surface area contributed by atoms with Crippen LogP contribution >= 0.6 is 46.4 Å². The van der Waals surface area contributed by atoms with Crippen LogP contribution in [-0.4, -0.2) is 7.11 Å². The van der Waals surface area contributed by atoms with E-state index in [-0.39, 0.29) is 0 Å². The molecule has 0 aliphatic rings. The molecule has 2 aromatic carbocycles. The van der Waals surface area contributed by atoms with E-state index in [0.29, 0.717) is 37.0 Å². The second kappa shape index (κ2) is 5.58. The van der Waals surface area contributed by atoms with Gasteiger partial charge in [0.05, 0.1) is 22.2 Å². The van der Waals surface area contributed by atoms with Crippen LogP contribution in [0.2, 0.25) is 20.1 Å². The van der Waals surface area contributed by atoms with Gasteiger partial charge in [-0.2, -0.15) is 0 Å². The Hall–Kier alpha value is -0.600. The number of rotatable bonds is 2. The van der Waals surface area contributed by atoms with Crippen molar-refractivity contribution in [3.05, 3.63) is 50.4 Å². The Morgan fingerprint density at radius 1 is 0.944 bits per heavy atom. The highest BCUT2D eigenvalue weighted by Crippen LogP contribution is 2.43. The summed E-state index contributed by atoms with van der Waals surface area (Å²) in [6.07, 6.45) is 0. The molecule has 0 heterocycles. The predicted octanol–water partition coefficient (Wildman–Crippen LogP) is 5.98. The number of halogens is 4. The van der Waals surface area contributed by atoms with Crippen LogP contribution in [0.1, 0.15) is 0 Å². The van der Waals surface area contributed by atoms with Crippen molar-refractivity contribution in [1.82, 2.24) is 0 Å². The average molecular weight is 322 g/mol. The van der Waals surface area contributed by atoms with Gasteiger partial charge in [0, 0.05) is 16.1 Å². The molecule has 0 fully saturated rings. The van der Waals surface area contributed by atoms with Crippen LogP contribution in [0.5, 0.6) is 5.75 Å². The molecule has 0 aromatic heterocycles. The van der Waals surface area contributed by atoms with Gasteiger partial charge in [-0.05, 0) is 24.3 Å². The molecular weight excluding hydrogens is 314 g/mol. The molecule has 1 nitrogen and oxygen atoms in total. The summed E-state index contributed by atoms with van der Waals surface area (Å²) < 4.78 is 5.29. The number of hydrogen-bond acceptors (Lipinski definition) is 1. The van der Waals surface area contributed by atoms with E-state index < -0.39 is 0 Å². The fourth-order valence-electron chi connectivity index (χ4n) is 1.67. The van der Waals surface area contributed by atoms with E-state index >= 15 is 0 Å². The van der Waals surface area contributed by atoms with Crippen LogP contribution in [0.15, 0.2) is 30.3 Å². The number of benzene rings is 2. The fraction of sp³-hybridized carbons (Fsp3) is 0.0769. The molecule has 0 atom stereocenters. The number of methoxy groups -OCH3 is 1. The molecule has 2 rings (SSSR count). The minimum absolute atomic E-state index is 0.376. The lowest BCUT2D eigenvalue weighted by molar-refractivity contribution is 0.416. The molecule has 0 radical (unpaired) electrons. The summed E-state index contributed by atoms with van der Waals surface area (Å²) in [4.78, 5) is 0. The summed E-state index contributed by atoms with van der Waals surface area (Å²) in [6.45, 7) is 0. The second-order valence-corrected chi connectivity index (χ2v) is 5.20. The fourth-order valence-corrected chi connectivity index (χ4v) is 2.64. The van der Waals surface area contributed by atoms with E-state index in [9.17, 15) is 0 Å². The first-order valence-electron chi connectivity index (χ1n) is 5.02. The summed E-state index contributed by atoms with van der Waals surface area (Å²) in [5, 5.41) is 1.78. The smallest absolute Gasteiger partial charge is 0.128 e. The van der Waals surface area contributed by atoms with Gasteiger partial charge in [-0.25, -0.2) is 0 Å². The largest absolute Gasteiger partial charge is 0.496 e. The zero-order valence-electron chi connectivity index (χ0n) is 9.31. The maximum absolute atomic E-state index is 6.20. The van der Waals surface area contributed by atoms with Crippen molar-refractivity contribution in [3.8, 4) is 16.9 Å². The molecule has 0 saturated heterocycles. The van der Waals surface area contributed by atoms with Crippen molar-refractivity contribution in [2.45, 2.75) is 0 Å². The third kappa shape index (κ3) is 2.55. The van der Waals surface area contributed by atoms with E-state index in [4.69, 9.17) is 51.1 Å². The van der Waals surface area contributed by atoms with E-state index in [0.717, 1.165) is 0 Å². The normalized spacial score (nSPS) is 10.5. The van der Waals surface area contributed by atoms with Crippen LogP contribution < -0.4 is 4.74 Å². The molecule has 94 valence electrons. The molecule has 0 N–H and O–H groups in total. The SMILES string of the molecule is COc1cccc(Cl)c1-c1cc(Cl)cc(Cl)c1Cl. The number of ether oxygens (including phenoxy) is 1. The Balaban J connectivity index is 2.76. The summed E-state index contributed by atoms with van der Waals surface area (Å²) in [5.74, 6) is 0.614. The highest BCUT2D eigenvalue weighted by molar-refractivity contribution is 6.45. The minimum Gasteiger partial charge on any atom is -0.496 e. The Morgan fingerprint density at radius 3 is 2.33 bits per heavy atom. The van der Waals surface area contributed by atoms with Crippen LogP contribution in [0.4, 0.5) is 0 Å². The van der Waals surface area contributed by atoms with Gasteiger partial charge >= 0.3 is 0 Å². The van der Waals surface area contributed by atoms with Gasteiger partial charge < -0.3 is 4.74 Å². The highest BCUT2D eigenvalue weighted by Gasteiger charge is 2.16. The van der Waals surface area contributed by atoms with Crippen molar-refractivity contribution in [2.24, 2.45) is 0 Å². The van der Waals surface area contributed by atoms with Crippen molar-refractivity contribution in [3.63, 3.8) is 0 Å². The van der Waals surface area contributed by atoms with Crippen molar-refractivity contribution < 1.29 is 4.74 Å². The summed E-state index contributed by atoms with van der Waals surface area (Å²) in [6, 6.07) is 8.64. The van der Waals surface area contributed by atoms with Gasteiger partial charge in [0.1, 0.15) is 5.75 Å². The molecule has 0 spiro atoms. The van der Waals surface area contributed by atoms with Crippen LogP contribution in [-0.2, 0) is 0 Å². The predicted molar refractivity (Wildman–Crippen MR) is 78.5 cm³/mol. The van der Waals surface area contributed by atoms with Crippen LogP contribution in [0.25, 0.3) is 11.1 Å².